The van der Waals surface area contributed by atoms with Crippen LogP contribution in [0.5, 0.6) is 5.75 Å². The second-order valence-corrected chi connectivity index (χ2v) is 5.66. The van der Waals surface area contributed by atoms with Crippen molar-refractivity contribution in [2.24, 2.45) is 5.92 Å². The molecule has 1 heterocycles. The summed E-state index contributed by atoms with van der Waals surface area (Å²) in [7, 11) is 3.55. The minimum absolute atomic E-state index is 0.0735. The zero-order valence-corrected chi connectivity index (χ0v) is 12.9. The number of nitrogens with one attached hydrogen (secondary N) is 1. The van der Waals surface area contributed by atoms with Gasteiger partial charge in [0.15, 0.2) is 0 Å². The Morgan fingerprint density at radius 3 is 3.05 bits per heavy atom. The molecule has 0 bridgehead atoms. The summed E-state index contributed by atoms with van der Waals surface area (Å²) in [4.78, 5) is 14.4. The summed E-state index contributed by atoms with van der Waals surface area (Å²) >= 11 is 3.44. The average molecular weight is 327 g/mol. The molecule has 1 amide bonds. The fourth-order valence-corrected chi connectivity index (χ4v) is 2.85. The maximum Gasteiger partial charge on any atom is 0.255 e. The van der Waals surface area contributed by atoms with Crippen molar-refractivity contribution in [1.29, 1.82) is 0 Å². The lowest BCUT2D eigenvalue weighted by Gasteiger charge is -2.18. The molecule has 2 rings (SSSR count). The van der Waals surface area contributed by atoms with Crippen LogP contribution in [0.3, 0.4) is 0 Å². The smallest absolute Gasteiger partial charge is 0.255 e. The molecule has 1 saturated heterocycles. The third kappa shape index (κ3) is 3.28. The molecule has 104 valence electrons. The van der Waals surface area contributed by atoms with Crippen LogP contribution < -0.4 is 10.1 Å². The van der Waals surface area contributed by atoms with E-state index in [0.29, 0.717) is 17.2 Å². The Labute approximate surface area is 122 Å². The maximum absolute atomic E-state index is 12.5. The lowest BCUT2D eigenvalue weighted by Crippen LogP contribution is -2.30. The second-order valence-electron chi connectivity index (χ2n) is 4.81. The van der Waals surface area contributed by atoms with E-state index in [1.54, 1.807) is 13.2 Å². The topological polar surface area (TPSA) is 41.6 Å². The van der Waals surface area contributed by atoms with Gasteiger partial charge in [0.05, 0.1) is 12.7 Å². The standard InChI is InChI=1S/C14H19BrN2O2/c1-16-8-10-5-6-17(9-10)14(18)12-7-11(19-2)3-4-13(12)15/h3-4,7,10,16H,5-6,8-9H2,1-2H3/t10-/m1/s1. The van der Waals surface area contributed by atoms with Crippen LogP contribution in [0.1, 0.15) is 16.8 Å². The van der Waals surface area contributed by atoms with Gasteiger partial charge in [-0.15, -0.1) is 0 Å². The number of hydrogen-bond acceptors (Lipinski definition) is 3. The van der Waals surface area contributed by atoms with Crippen molar-refractivity contribution in [2.45, 2.75) is 6.42 Å². The Kier molecular flexibility index (Phi) is 4.82. The number of rotatable bonds is 4. The van der Waals surface area contributed by atoms with E-state index >= 15 is 0 Å². The number of nitrogens with zero attached hydrogens (tertiary/aromatic N) is 1. The third-order valence-corrected chi connectivity index (χ3v) is 4.16. The van der Waals surface area contributed by atoms with Crippen LogP contribution in [-0.4, -0.2) is 44.6 Å². The summed E-state index contributed by atoms with van der Waals surface area (Å²) in [5.74, 6) is 1.33. The van der Waals surface area contributed by atoms with Crippen LogP contribution >= 0.6 is 15.9 Å². The van der Waals surface area contributed by atoms with Crippen molar-refractivity contribution in [2.75, 3.05) is 33.8 Å². The number of carbonyl (C=O) groups excluding carboxylic acids is 1. The van der Waals surface area contributed by atoms with Gasteiger partial charge in [0.1, 0.15) is 5.75 Å². The van der Waals surface area contributed by atoms with Gasteiger partial charge in [-0.1, -0.05) is 0 Å². The summed E-state index contributed by atoms with van der Waals surface area (Å²) in [5, 5.41) is 3.17. The van der Waals surface area contributed by atoms with Gasteiger partial charge in [-0.2, -0.15) is 0 Å². The summed E-state index contributed by atoms with van der Waals surface area (Å²) in [6.07, 6.45) is 1.06. The van der Waals surface area contributed by atoms with Gasteiger partial charge in [0, 0.05) is 17.6 Å². The Morgan fingerprint density at radius 2 is 2.37 bits per heavy atom. The molecule has 0 spiro atoms. The van der Waals surface area contributed by atoms with E-state index in [9.17, 15) is 4.79 Å². The molecular formula is C14H19BrN2O2. The largest absolute Gasteiger partial charge is 0.497 e. The van der Waals surface area contributed by atoms with Crippen molar-refractivity contribution in [1.82, 2.24) is 10.2 Å². The Morgan fingerprint density at radius 1 is 1.58 bits per heavy atom. The van der Waals surface area contributed by atoms with Crippen molar-refractivity contribution >= 4 is 21.8 Å². The zero-order chi connectivity index (χ0) is 13.8. The van der Waals surface area contributed by atoms with Gasteiger partial charge in [-0.05, 0) is 60.1 Å². The second kappa shape index (κ2) is 6.39. The molecule has 5 heteroatoms. The third-order valence-electron chi connectivity index (χ3n) is 3.47. The number of ether oxygens (including phenoxy) is 1. The van der Waals surface area contributed by atoms with Gasteiger partial charge in [-0.25, -0.2) is 0 Å². The van der Waals surface area contributed by atoms with Crippen molar-refractivity contribution in [3.8, 4) is 5.75 Å². The van der Waals surface area contributed by atoms with E-state index in [-0.39, 0.29) is 5.91 Å². The fraction of sp³-hybridized carbons (Fsp3) is 0.500. The monoisotopic (exact) mass is 326 g/mol. The maximum atomic E-state index is 12.5. The highest BCUT2D eigenvalue weighted by Gasteiger charge is 2.27. The molecule has 0 radical (unpaired) electrons. The summed E-state index contributed by atoms with van der Waals surface area (Å²) in [6.45, 7) is 2.61. The molecule has 1 aliphatic heterocycles. The molecule has 1 aliphatic rings. The quantitative estimate of drug-likeness (QED) is 0.921. The van der Waals surface area contributed by atoms with Gasteiger partial charge in [0.2, 0.25) is 0 Å². The van der Waals surface area contributed by atoms with Crippen LogP contribution in [0.25, 0.3) is 0 Å². The zero-order valence-electron chi connectivity index (χ0n) is 11.3. The summed E-state index contributed by atoms with van der Waals surface area (Å²) in [6, 6.07) is 5.49. The number of methoxy groups -OCH3 is 1. The highest BCUT2D eigenvalue weighted by molar-refractivity contribution is 9.10. The van der Waals surface area contributed by atoms with Crippen LogP contribution in [0.4, 0.5) is 0 Å². The van der Waals surface area contributed by atoms with Crippen molar-refractivity contribution in [3.05, 3.63) is 28.2 Å². The van der Waals surface area contributed by atoms with E-state index in [1.807, 2.05) is 24.1 Å². The lowest BCUT2D eigenvalue weighted by molar-refractivity contribution is 0.0786. The molecule has 0 aromatic heterocycles. The number of likely N-dealkylation sites (tertiary alicyclic amines) is 1. The fourth-order valence-electron chi connectivity index (χ4n) is 2.44. The molecule has 1 N–H and O–H groups in total. The van der Waals surface area contributed by atoms with Gasteiger partial charge >= 0.3 is 0 Å². The minimum Gasteiger partial charge on any atom is -0.497 e. The number of benzene rings is 1. The molecule has 19 heavy (non-hydrogen) atoms. The van der Waals surface area contributed by atoms with E-state index in [4.69, 9.17) is 4.74 Å². The Hall–Kier alpha value is -1.07. The van der Waals surface area contributed by atoms with Gasteiger partial charge < -0.3 is 15.0 Å². The first-order valence-corrected chi connectivity index (χ1v) is 7.22. The molecule has 4 nitrogen and oxygen atoms in total. The van der Waals surface area contributed by atoms with E-state index in [1.165, 1.54) is 0 Å². The molecule has 0 unspecified atom stereocenters. The van der Waals surface area contributed by atoms with Crippen LogP contribution in [0.2, 0.25) is 0 Å². The first-order valence-electron chi connectivity index (χ1n) is 6.43. The normalized spacial score (nSPS) is 18.7. The van der Waals surface area contributed by atoms with Gasteiger partial charge in [0.25, 0.3) is 5.91 Å². The number of halogens is 1. The van der Waals surface area contributed by atoms with Crippen LogP contribution in [0, 0.1) is 5.92 Å². The number of hydrogen-bond donors (Lipinski definition) is 1. The van der Waals surface area contributed by atoms with Crippen LogP contribution in [-0.2, 0) is 0 Å². The molecule has 0 saturated carbocycles. The highest BCUT2D eigenvalue weighted by Crippen LogP contribution is 2.26. The Bertz CT molecular complexity index is 465. The van der Waals surface area contributed by atoms with Crippen molar-refractivity contribution < 1.29 is 9.53 Å². The first-order chi connectivity index (χ1) is 9.15. The SMILES string of the molecule is CNC[C@H]1CCN(C(=O)c2cc(OC)ccc2Br)C1. The Balaban J connectivity index is 2.12. The van der Waals surface area contributed by atoms with E-state index in [2.05, 4.69) is 21.2 Å². The molecule has 0 aliphatic carbocycles. The van der Waals surface area contributed by atoms with E-state index in [0.717, 1.165) is 30.5 Å². The summed E-state index contributed by atoms with van der Waals surface area (Å²) < 4.78 is 6.00. The predicted molar refractivity (Wildman–Crippen MR) is 78.6 cm³/mol. The molecule has 1 atom stereocenters. The van der Waals surface area contributed by atoms with E-state index < -0.39 is 0 Å². The van der Waals surface area contributed by atoms with Crippen LogP contribution in [0.15, 0.2) is 22.7 Å². The number of carbonyl (C=O) groups is 1. The molecule has 1 fully saturated rings. The van der Waals surface area contributed by atoms with Crippen molar-refractivity contribution in [3.63, 3.8) is 0 Å². The van der Waals surface area contributed by atoms with Gasteiger partial charge in [-0.3, -0.25) is 4.79 Å². The predicted octanol–water partition coefficient (Wildman–Crippen LogP) is 2.14. The molecule has 1 aromatic carbocycles. The molecule has 1 aromatic rings. The number of amides is 1. The minimum atomic E-state index is 0.0735. The lowest BCUT2D eigenvalue weighted by atomic mass is 10.1. The molecular weight excluding hydrogens is 308 g/mol. The summed E-state index contributed by atoms with van der Waals surface area (Å²) in [5.41, 5.74) is 0.671. The first kappa shape index (κ1) is 14.3. The highest BCUT2D eigenvalue weighted by atomic mass is 79.9. The average Bonchev–Trinajstić information content (AvgIpc) is 2.88.